The SMILES string of the molecule is C.C.C=C1CC(=O)N(CC(O)CCOCC(CC)(COC)COCCC(O)CN)C1=O.C=C1CC(=O)N(CC(O)CCOCC(COC)(COC)COCCC(O)CN2C(=O)CC(=C)C2=O)C1=O. The molecule has 0 saturated carbocycles. The fourth-order valence-electron chi connectivity index (χ4n) is 7.18. The first-order valence-electron chi connectivity index (χ1n) is 22.1. The first-order valence-corrected chi connectivity index (χ1v) is 22.1. The zero-order chi connectivity index (χ0) is 49.5. The number of nitrogens with zero attached hydrogens (tertiary/aromatic N) is 3. The number of imide groups is 3. The van der Waals surface area contributed by atoms with E-state index in [1.165, 1.54) is 14.2 Å². The number of methoxy groups -OCH3 is 3. The van der Waals surface area contributed by atoms with Crippen LogP contribution in [0, 0.1) is 10.8 Å². The molecule has 3 rings (SSSR count). The highest BCUT2D eigenvalue weighted by Gasteiger charge is 2.37. The summed E-state index contributed by atoms with van der Waals surface area (Å²) in [5.74, 6) is -2.42. The van der Waals surface area contributed by atoms with Crippen LogP contribution in [-0.2, 0) is 61.9 Å². The quantitative estimate of drug-likeness (QED) is 0.0334. The van der Waals surface area contributed by atoms with Crippen molar-refractivity contribution in [3.63, 3.8) is 0 Å². The van der Waals surface area contributed by atoms with Crippen LogP contribution in [-0.4, -0.2) is 215 Å². The number of likely N-dealkylation sites (tertiary alicyclic amines) is 3. The standard InChI is InChI=1S/C25H38N2O10.C20H36N2O7.2CH4/c1-17-9-21(30)26(23(17)32)11-19(28)5-7-36-15-25(13-34-3,14-35-4)16-37-8-6-20(29)12-27-22(31)10-18(2)24(27)33;1-4-20(12-27-3,13-28-7-5-16(23)10-21)14-29-8-6-17(24)11-22-18(25)9-15(2)19(22)26;;/h19-20,28-29H,1-2,5-16H2,3-4H3;16-17,23-24H,2,4-14,21H2,1,3H3;2*1H4. The Balaban J connectivity index is 0.00000132. The number of aliphatic hydroxyl groups is 4. The lowest BCUT2D eigenvalue weighted by molar-refractivity contribution is -0.141. The molecule has 0 aliphatic carbocycles. The molecule has 0 radical (unpaired) electrons. The van der Waals surface area contributed by atoms with Crippen molar-refractivity contribution in [3.05, 3.63) is 36.5 Å². The first-order chi connectivity index (χ1) is 31.3. The molecule has 3 aliphatic heterocycles. The molecule has 6 N–H and O–H groups in total. The van der Waals surface area contributed by atoms with E-state index in [-0.39, 0.29) is 159 Å². The van der Waals surface area contributed by atoms with Crippen LogP contribution in [0.3, 0.4) is 0 Å². The summed E-state index contributed by atoms with van der Waals surface area (Å²) in [5.41, 5.74) is 5.06. The van der Waals surface area contributed by atoms with E-state index in [0.29, 0.717) is 39.3 Å². The van der Waals surface area contributed by atoms with Crippen molar-refractivity contribution in [3.8, 4) is 0 Å². The van der Waals surface area contributed by atoms with Crippen LogP contribution in [0.4, 0.5) is 0 Å². The number of rotatable bonds is 34. The topological polar surface area (TPSA) is 284 Å². The maximum atomic E-state index is 11.9. The second kappa shape index (κ2) is 32.9. The van der Waals surface area contributed by atoms with Crippen LogP contribution in [0.1, 0.15) is 73.1 Å². The molecule has 392 valence electrons. The van der Waals surface area contributed by atoms with E-state index >= 15 is 0 Å². The number of carbonyl (C=O) groups is 6. The third-order valence-electron chi connectivity index (χ3n) is 11.2. The lowest BCUT2D eigenvalue weighted by Crippen LogP contribution is -2.42. The van der Waals surface area contributed by atoms with Crippen LogP contribution < -0.4 is 5.73 Å². The van der Waals surface area contributed by atoms with Gasteiger partial charge in [-0.1, -0.05) is 41.5 Å². The number of aliphatic hydroxyl groups excluding tert-OH is 4. The minimum Gasteiger partial charge on any atom is -0.392 e. The Hall–Kier alpha value is -3.84. The molecule has 3 fully saturated rings. The van der Waals surface area contributed by atoms with Gasteiger partial charge in [-0.25, -0.2) is 0 Å². The molecule has 3 aliphatic rings. The van der Waals surface area contributed by atoms with E-state index in [0.717, 1.165) is 21.1 Å². The van der Waals surface area contributed by atoms with E-state index in [1.807, 2.05) is 6.92 Å². The minimum absolute atomic E-state index is 0. The highest BCUT2D eigenvalue weighted by molar-refractivity contribution is 6.14. The summed E-state index contributed by atoms with van der Waals surface area (Å²) in [6.07, 6.45) is -1.43. The van der Waals surface area contributed by atoms with Gasteiger partial charge in [0, 0.05) is 76.4 Å². The molecular weight excluding hydrogens is 893 g/mol. The summed E-state index contributed by atoms with van der Waals surface area (Å²) in [6, 6.07) is 0. The van der Waals surface area contributed by atoms with E-state index < -0.39 is 47.6 Å². The van der Waals surface area contributed by atoms with Crippen LogP contribution in [0.25, 0.3) is 0 Å². The number of hydrogen-bond acceptors (Lipinski definition) is 18. The summed E-state index contributed by atoms with van der Waals surface area (Å²) in [5, 5.41) is 40.1. The van der Waals surface area contributed by atoms with Crippen LogP contribution in [0.15, 0.2) is 36.5 Å². The molecule has 0 aromatic rings. The molecule has 5 atom stereocenters. The van der Waals surface area contributed by atoms with Gasteiger partial charge in [0.1, 0.15) is 0 Å². The average Bonchev–Trinajstić information content (AvgIpc) is 3.77. The normalized spacial score (nSPS) is 18.1. The lowest BCUT2D eigenvalue weighted by Gasteiger charge is -2.32. The third-order valence-corrected chi connectivity index (χ3v) is 11.2. The minimum atomic E-state index is -0.942. The van der Waals surface area contributed by atoms with Gasteiger partial charge < -0.3 is 59.3 Å². The molecule has 3 heterocycles. The fourth-order valence-corrected chi connectivity index (χ4v) is 7.18. The van der Waals surface area contributed by atoms with Gasteiger partial charge >= 0.3 is 0 Å². The van der Waals surface area contributed by atoms with Crippen molar-refractivity contribution in [1.82, 2.24) is 14.7 Å². The average molecular weight is 975 g/mol. The number of β-amino-alcohol motifs (C(OH)–C–C–N with tert-alkyl or cyclic N) is 3. The monoisotopic (exact) mass is 975 g/mol. The maximum absolute atomic E-state index is 11.9. The number of ether oxygens (including phenoxy) is 7. The first kappa shape index (κ1) is 64.2. The predicted octanol–water partition coefficient (Wildman–Crippen LogP) is 0.541. The molecule has 5 unspecified atom stereocenters. The van der Waals surface area contributed by atoms with E-state index in [9.17, 15) is 49.2 Å². The summed E-state index contributed by atoms with van der Waals surface area (Å²) in [6.45, 7) is 15.7. The van der Waals surface area contributed by atoms with Crippen LogP contribution in [0.5, 0.6) is 0 Å². The van der Waals surface area contributed by atoms with Crippen molar-refractivity contribution in [2.24, 2.45) is 16.6 Å². The van der Waals surface area contributed by atoms with Gasteiger partial charge in [0.2, 0.25) is 17.7 Å². The Morgan fingerprint density at radius 2 is 0.765 bits per heavy atom. The Bertz CT molecular complexity index is 1580. The second-order valence-corrected chi connectivity index (χ2v) is 17.1. The van der Waals surface area contributed by atoms with Crippen molar-refractivity contribution in [2.75, 3.05) is 120 Å². The largest absolute Gasteiger partial charge is 0.392 e. The number of amides is 6. The van der Waals surface area contributed by atoms with Gasteiger partial charge in [0.25, 0.3) is 17.7 Å². The van der Waals surface area contributed by atoms with Crippen molar-refractivity contribution in [2.45, 2.75) is 97.6 Å². The van der Waals surface area contributed by atoms with Gasteiger partial charge in [-0.2, -0.15) is 0 Å². The second-order valence-electron chi connectivity index (χ2n) is 17.1. The Labute approximate surface area is 402 Å². The zero-order valence-electron chi connectivity index (χ0n) is 39.2. The van der Waals surface area contributed by atoms with Gasteiger partial charge in [-0.3, -0.25) is 43.5 Å². The number of hydrogen-bond donors (Lipinski definition) is 5. The number of carbonyl (C=O) groups excluding carboxylic acids is 6. The number of nitrogens with two attached hydrogens (primary N) is 1. The van der Waals surface area contributed by atoms with E-state index in [1.54, 1.807) is 7.11 Å². The van der Waals surface area contributed by atoms with Crippen molar-refractivity contribution in [1.29, 1.82) is 0 Å². The highest BCUT2D eigenvalue weighted by atomic mass is 16.5. The molecule has 0 spiro atoms. The zero-order valence-corrected chi connectivity index (χ0v) is 39.2. The Morgan fingerprint density at radius 3 is 1.00 bits per heavy atom. The molecule has 3 saturated heterocycles. The molecule has 6 amide bonds. The summed E-state index contributed by atoms with van der Waals surface area (Å²) >= 11 is 0. The van der Waals surface area contributed by atoms with Gasteiger partial charge in [0.15, 0.2) is 0 Å². The van der Waals surface area contributed by atoms with Crippen LogP contribution >= 0.6 is 0 Å². The van der Waals surface area contributed by atoms with E-state index in [4.69, 9.17) is 38.9 Å². The van der Waals surface area contributed by atoms with E-state index in [2.05, 4.69) is 19.7 Å². The van der Waals surface area contributed by atoms with Gasteiger partial charge in [-0.15, -0.1) is 0 Å². The smallest absolute Gasteiger partial charge is 0.256 e. The fraction of sp³-hybridized carbons (Fsp3) is 0.745. The maximum Gasteiger partial charge on any atom is 0.256 e. The summed E-state index contributed by atoms with van der Waals surface area (Å²) < 4.78 is 39.0. The van der Waals surface area contributed by atoms with Gasteiger partial charge in [0.05, 0.1) is 115 Å². The summed E-state index contributed by atoms with van der Waals surface area (Å²) in [7, 11) is 4.69. The molecular formula is C47H82N4O17. The Kier molecular flexibility index (Phi) is 31.0. The lowest BCUT2D eigenvalue weighted by atomic mass is 9.88. The van der Waals surface area contributed by atoms with Crippen molar-refractivity contribution < 1.29 is 82.4 Å². The molecule has 0 aromatic carbocycles. The van der Waals surface area contributed by atoms with Crippen molar-refractivity contribution >= 4 is 35.4 Å². The highest BCUT2D eigenvalue weighted by Crippen LogP contribution is 2.25. The molecule has 21 heteroatoms. The Morgan fingerprint density at radius 1 is 0.500 bits per heavy atom. The molecule has 0 aromatic heterocycles. The molecule has 0 bridgehead atoms. The third kappa shape index (κ3) is 21.0. The molecule has 68 heavy (non-hydrogen) atoms. The predicted molar refractivity (Wildman–Crippen MR) is 251 cm³/mol. The summed E-state index contributed by atoms with van der Waals surface area (Å²) in [4.78, 5) is 74.1. The van der Waals surface area contributed by atoms with Crippen LogP contribution in [0.2, 0.25) is 0 Å². The van der Waals surface area contributed by atoms with Gasteiger partial charge in [-0.05, 0) is 32.1 Å². The molecule has 21 nitrogen and oxygen atoms in total.